The number of carboxylic acid groups (broad SMARTS) is 1. The second-order valence-electron chi connectivity index (χ2n) is 4.77. The van der Waals surface area contributed by atoms with Gasteiger partial charge in [0.2, 0.25) is 5.91 Å². The maximum Gasteiger partial charge on any atom is 0.326 e. The van der Waals surface area contributed by atoms with Crippen LogP contribution in [0.5, 0.6) is 5.75 Å². The van der Waals surface area contributed by atoms with E-state index in [9.17, 15) is 9.59 Å². The van der Waals surface area contributed by atoms with Gasteiger partial charge in [-0.15, -0.1) is 0 Å². The molecule has 1 aromatic rings. The summed E-state index contributed by atoms with van der Waals surface area (Å²) in [4.78, 5) is 22.7. The molecule has 20 heavy (non-hydrogen) atoms. The summed E-state index contributed by atoms with van der Waals surface area (Å²) in [6.45, 7) is 0. The summed E-state index contributed by atoms with van der Waals surface area (Å²) in [5.41, 5.74) is 0.847. The Morgan fingerprint density at radius 2 is 2.00 bits per heavy atom. The van der Waals surface area contributed by atoms with E-state index >= 15 is 0 Å². The predicted molar refractivity (Wildman–Crippen MR) is 74.3 cm³/mol. The molecule has 0 radical (unpaired) electrons. The van der Waals surface area contributed by atoms with Crippen molar-refractivity contribution in [2.75, 3.05) is 7.11 Å². The van der Waals surface area contributed by atoms with Crippen LogP contribution >= 0.6 is 0 Å². The number of ether oxygens (including phenoxy) is 1. The number of carbonyl (C=O) groups is 2. The van der Waals surface area contributed by atoms with Gasteiger partial charge in [0.1, 0.15) is 11.8 Å². The van der Waals surface area contributed by atoms with Gasteiger partial charge >= 0.3 is 5.97 Å². The number of benzene rings is 1. The van der Waals surface area contributed by atoms with E-state index in [1.807, 2.05) is 12.1 Å². The third-order valence-electron chi connectivity index (χ3n) is 3.20. The minimum atomic E-state index is -0.973. The Morgan fingerprint density at radius 1 is 1.35 bits per heavy atom. The lowest BCUT2D eigenvalue weighted by Crippen LogP contribution is -2.41. The first-order valence-corrected chi connectivity index (χ1v) is 6.45. The van der Waals surface area contributed by atoms with E-state index in [1.165, 1.54) is 6.08 Å². The fraction of sp³-hybridized carbons (Fsp3) is 0.333. The Labute approximate surface area is 117 Å². The molecule has 106 valence electrons. The van der Waals surface area contributed by atoms with E-state index in [0.29, 0.717) is 0 Å². The number of carbonyl (C=O) groups excluding carboxylic acids is 1. The van der Waals surface area contributed by atoms with Crippen LogP contribution in [0.3, 0.4) is 0 Å². The van der Waals surface area contributed by atoms with Crippen LogP contribution in [0.25, 0.3) is 6.08 Å². The number of hydrogen-bond donors (Lipinski definition) is 2. The Hall–Kier alpha value is -2.30. The van der Waals surface area contributed by atoms with Crippen molar-refractivity contribution in [2.45, 2.75) is 18.9 Å². The van der Waals surface area contributed by atoms with Crippen molar-refractivity contribution >= 4 is 18.0 Å². The van der Waals surface area contributed by atoms with Crippen molar-refractivity contribution < 1.29 is 19.4 Å². The van der Waals surface area contributed by atoms with Gasteiger partial charge in [0, 0.05) is 6.08 Å². The number of hydrogen-bond acceptors (Lipinski definition) is 3. The van der Waals surface area contributed by atoms with E-state index in [2.05, 4.69) is 5.32 Å². The highest BCUT2D eigenvalue weighted by Crippen LogP contribution is 2.32. The van der Waals surface area contributed by atoms with E-state index in [4.69, 9.17) is 9.84 Å². The first-order chi connectivity index (χ1) is 9.60. The van der Waals surface area contributed by atoms with Crippen molar-refractivity contribution in [1.29, 1.82) is 0 Å². The van der Waals surface area contributed by atoms with Gasteiger partial charge in [-0.3, -0.25) is 4.79 Å². The highest BCUT2D eigenvalue weighted by atomic mass is 16.5. The van der Waals surface area contributed by atoms with Crippen LogP contribution in [0.4, 0.5) is 0 Å². The Kier molecular flexibility index (Phi) is 4.40. The highest BCUT2D eigenvalue weighted by molar-refractivity contribution is 5.94. The van der Waals surface area contributed by atoms with E-state index in [0.717, 1.165) is 24.2 Å². The first-order valence-electron chi connectivity index (χ1n) is 6.45. The third-order valence-corrected chi connectivity index (χ3v) is 3.20. The lowest BCUT2D eigenvalue weighted by atomic mass is 10.1. The molecule has 2 rings (SSSR count). The van der Waals surface area contributed by atoms with E-state index in [1.54, 1.807) is 25.3 Å². The van der Waals surface area contributed by atoms with Crippen LogP contribution in [0.1, 0.15) is 18.4 Å². The quantitative estimate of drug-likeness (QED) is 0.775. The van der Waals surface area contributed by atoms with Crippen LogP contribution in [0.2, 0.25) is 0 Å². The van der Waals surface area contributed by atoms with Gasteiger partial charge in [0.25, 0.3) is 0 Å². The lowest BCUT2D eigenvalue weighted by Gasteiger charge is -2.11. The van der Waals surface area contributed by atoms with Gasteiger partial charge in [0.15, 0.2) is 0 Å². The molecule has 0 spiro atoms. The summed E-state index contributed by atoms with van der Waals surface area (Å²) >= 11 is 0. The maximum atomic E-state index is 11.7. The summed E-state index contributed by atoms with van der Waals surface area (Å²) in [6, 6.07) is 6.45. The molecule has 1 fully saturated rings. The number of nitrogens with one attached hydrogen (secondary N) is 1. The minimum absolute atomic E-state index is 0.0748. The van der Waals surface area contributed by atoms with E-state index in [-0.39, 0.29) is 11.8 Å². The van der Waals surface area contributed by atoms with Crippen LogP contribution in [0, 0.1) is 5.92 Å². The van der Waals surface area contributed by atoms with Crippen LogP contribution in [0.15, 0.2) is 30.3 Å². The van der Waals surface area contributed by atoms with Crippen molar-refractivity contribution in [2.24, 2.45) is 5.92 Å². The average Bonchev–Trinajstić information content (AvgIpc) is 3.27. The number of aliphatic carboxylic acids is 1. The monoisotopic (exact) mass is 275 g/mol. The molecule has 1 aromatic carbocycles. The highest BCUT2D eigenvalue weighted by Gasteiger charge is 2.36. The second-order valence-corrected chi connectivity index (χ2v) is 4.77. The smallest absolute Gasteiger partial charge is 0.326 e. The van der Waals surface area contributed by atoms with Gasteiger partial charge in [-0.25, -0.2) is 4.79 Å². The predicted octanol–water partition coefficient (Wildman–Crippen LogP) is 1.69. The SMILES string of the molecule is COc1ccc(C=CC(=O)NC(C(=O)O)C2CC2)cc1. The molecule has 5 heteroatoms. The molecule has 2 N–H and O–H groups in total. The standard InChI is InChI=1S/C15H17NO4/c1-20-12-7-2-10(3-8-12)4-9-13(17)16-14(15(18)19)11-5-6-11/h2-4,7-9,11,14H,5-6H2,1H3,(H,16,17)(H,18,19). The summed E-state index contributed by atoms with van der Waals surface area (Å²) in [6.07, 6.45) is 4.71. The van der Waals surface area contributed by atoms with Crippen molar-refractivity contribution in [3.8, 4) is 5.75 Å². The molecule has 0 bridgehead atoms. The molecule has 1 saturated carbocycles. The summed E-state index contributed by atoms with van der Waals surface area (Å²) in [5, 5.41) is 11.5. The largest absolute Gasteiger partial charge is 0.497 e. The molecule has 0 heterocycles. The Morgan fingerprint density at radius 3 is 2.50 bits per heavy atom. The number of methoxy groups -OCH3 is 1. The molecule has 0 aliphatic heterocycles. The zero-order chi connectivity index (χ0) is 14.5. The van der Waals surface area contributed by atoms with Gasteiger partial charge < -0.3 is 15.2 Å². The zero-order valence-corrected chi connectivity index (χ0v) is 11.2. The van der Waals surface area contributed by atoms with Crippen molar-refractivity contribution in [3.05, 3.63) is 35.9 Å². The number of rotatable bonds is 6. The molecular weight excluding hydrogens is 258 g/mol. The maximum absolute atomic E-state index is 11.7. The number of carboxylic acids is 1. The van der Waals surface area contributed by atoms with Crippen LogP contribution in [-0.2, 0) is 9.59 Å². The van der Waals surface area contributed by atoms with Crippen molar-refractivity contribution in [3.63, 3.8) is 0 Å². The first kappa shape index (κ1) is 14.1. The summed E-state index contributed by atoms with van der Waals surface area (Å²) in [5.74, 6) is -0.545. The fourth-order valence-electron chi connectivity index (χ4n) is 1.90. The molecule has 1 amide bonds. The normalized spacial score (nSPS) is 15.8. The summed E-state index contributed by atoms with van der Waals surface area (Å²) < 4.78 is 5.04. The Balaban J connectivity index is 1.92. The molecule has 0 aromatic heterocycles. The molecule has 1 aliphatic carbocycles. The van der Waals surface area contributed by atoms with E-state index < -0.39 is 12.0 Å². The van der Waals surface area contributed by atoms with Crippen LogP contribution < -0.4 is 10.1 Å². The summed E-state index contributed by atoms with van der Waals surface area (Å²) in [7, 11) is 1.59. The van der Waals surface area contributed by atoms with Gasteiger partial charge in [0.05, 0.1) is 7.11 Å². The molecule has 0 saturated heterocycles. The van der Waals surface area contributed by atoms with Crippen molar-refractivity contribution in [1.82, 2.24) is 5.32 Å². The Bertz CT molecular complexity index is 517. The second kappa shape index (κ2) is 6.23. The third kappa shape index (κ3) is 3.85. The molecule has 5 nitrogen and oxygen atoms in total. The fourth-order valence-corrected chi connectivity index (χ4v) is 1.90. The average molecular weight is 275 g/mol. The molecular formula is C15H17NO4. The molecule has 1 atom stereocenters. The molecule has 1 unspecified atom stereocenters. The van der Waals surface area contributed by atoms with Gasteiger partial charge in [-0.05, 0) is 42.5 Å². The van der Waals surface area contributed by atoms with Crippen LogP contribution in [-0.4, -0.2) is 30.1 Å². The minimum Gasteiger partial charge on any atom is -0.497 e. The van der Waals surface area contributed by atoms with Gasteiger partial charge in [-0.2, -0.15) is 0 Å². The van der Waals surface area contributed by atoms with Gasteiger partial charge in [-0.1, -0.05) is 12.1 Å². The lowest BCUT2D eigenvalue weighted by molar-refractivity contribution is -0.141. The topological polar surface area (TPSA) is 75.6 Å². The molecule has 1 aliphatic rings. The zero-order valence-electron chi connectivity index (χ0n) is 11.2. The number of amides is 1.